The van der Waals surface area contributed by atoms with Crippen molar-refractivity contribution < 1.29 is 18.7 Å². The van der Waals surface area contributed by atoms with Crippen LogP contribution in [0.15, 0.2) is 71.8 Å². The van der Waals surface area contributed by atoms with E-state index in [4.69, 9.17) is 21.1 Å². The molecule has 2 aromatic heterocycles. The van der Waals surface area contributed by atoms with Crippen molar-refractivity contribution >= 4 is 34.8 Å². The summed E-state index contributed by atoms with van der Waals surface area (Å²) < 4.78 is 26.4. The van der Waals surface area contributed by atoms with Crippen LogP contribution in [0, 0.1) is 5.82 Å². The quantitative estimate of drug-likeness (QED) is 0.299. The van der Waals surface area contributed by atoms with E-state index in [9.17, 15) is 14.0 Å². The topological polar surface area (TPSA) is 107 Å². The fourth-order valence-electron chi connectivity index (χ4n) is 3.48. The Balaban J connectivity index is 1.66. The maximum atomic E-state index is 14.6. The zero-order valence-corrected chi connectivity index (χ0v) is 21.6. The largest absolute Gasteiger partial charge is 0.488 e. The van der Waals surface area contributed by atoms with Gasteiger partial charge in [-0.1, -0.05) is 23.7 Å². The number of carbonyl (C=O) groups excluding carboxylic acids is 1. The van der Waals surface area contributed by atoms with Crippen molar-refractivity contribution in [2.75, 3.05) is 17.7 Å². The van der Waals surface area contributed by atoms with Crippen molar-refractivity contribution in [1.29, 1.82) is 0 Å². The number of benzene rings is 2. The highest BCUT2D eigenvalue weighted by atomic mass is 35.5. The normalized spacial score (nSPS) is 10.8. The number of methoxy groups -OCH3 is 1. The molecule has 2 N–H and O–H groups in total. The number of halogens is 2. The van der Waals surface area contributed by atoms with E-state index in [-0.39, 0.29) is 35.6 Å². The Kier molecular flexibility index (Phi) is 8.22. The Bertz CT molecular complexity index is 1490. The fraction of sp³-hybridized carbons (Fsp3) is 0.185. The van der Waals surface area contributed by atoms with Gasteiger partial charge in [0.2, 0.25) is 11.8 Å². The SMILES string of the molecule is COc1ccc(C(=O)Nc2cnc(Nc3ccc(OC(C)C)c(F)c3)n(Cc3ccc(Cl)cc3)c2=O)cn1. The number of nitrogens with zero attached hydrogens (tertiary/aromatic N) is 3. The van der Waals surface area contributed by atoms with Crippen LogP contribution in [0.3, 0.4) is 0 Å². The van der Waals surface area contributed by atoms with E-state index in [1.165, 1.54) is 48.3 Å². The second kappa shape index (κ2) is 11.7. The second-order valence-corrected chi connectivity index (χ2v) is 8.93. The highest BCUT2D eigenvalue weighted by Crippen LogP contribution is 2.24. The fourth-order valence-corrected chi connectivity index (χ4v) is 3.61. The first kappa shape index (κ1) is 26.6. The minimum absolute atomic E-state index is 0.0443. The number of hydrogen-bond acceptors (Lipinski definition) is 7. The summed E-state index contributed by atoms with van der Waals surface area (Å²) in [6.07, 6.45) is 2.39. The predicted molar refractivity (Wildman–Crippen MR) is 143 cm³/mol. The highest BCUT2D eigenvalue weighted by Gasteiger charge is 2.16. The van der Waals surface area contributed by atoms with Gasteiger partial charge in [-0.05, 0) is 49.7 Å². The van der Waals surface area contributed by atoms with Crippen LogP contribution in [0.5, 0.6) is 11.6 Å². The van der Waals surface area contributed by atoms with Gasteiger partial charge in [-0.2, -0.15) is 0 Å². The number of aromatic nitrogens is 3. The Hall–Kier alpha value is -4.44. The summed E-state index contributed by atoms with van der Waals surface area (Å²) >= 11 is 6.00. The molecule has 0 bridgehead atoms. The van der Waals surface area contributed by atoms with E-state index >= 15 is 0 Å². The maximum absolute atomic E-state index is 14.6. The molecule has 4 aromatic rings. The first-order chi connectivity index (χ1) is 18.2. The van der Waals surface area contributed by atoms with E-state index in [0.717, 1.165) is 5.56 Å². The van der Waals surface area contributed by atoms with Gasteiger partial charge in [0.15, 0.2) is 11.6 Å². The van der Waals surface area contributed by atoms with Gasteiger partial charge in [-0.3, -0.25) is 14.2 Å². The molecule has 9 nitrogen and oxygen atoms in total. The van der Waals surface area contributed by atoms with E-state index in [1.54, 1.807) is 44.2 Å². The van der Waals surface area contributed by atoms with Crippen LogP contribution in [0.1, 0.15) is 29.8 Å². The average Bonchev–Trinajstić information content (AvgIpc) is 2.90. The van der Waals surface area contributed by atoms with Gasteiger partial charge in [-0.25, -0.2) is 14.4 Å². The molecule has 0 spiro atoms. The van der Waals surface area contributed by atoms with Gasteiger partial charge in [0.25, 0.3) is 11.5 Å². The molecule has 0 unspecified atom stereocenters. The number of amides is 1. The molecule has 0 aliphatic rings. The van der Waals surface area contributed by atoms with Gasteiger partial charge in [-0.15, -0.1) is 0 Å². The van der Waals surface area contributed by atoms with Crippen molar-refractivity contribution in [1.82, 2.24) is 14.5 Å². The summed E-state index contributed by atoms with van der Waals surface area (Å²) in [7, 11) is 1.47. The second-order valence-electron chi connectivity index (χ2n) is 8.49. The molecule has 0 fully saturated rings. The molecule has 0 saturated carbocycles. The zero-order chi connectivity index (χ0) is 27.2. The van der Waals surface area contributed by atoms with Crippen LogP contribution in [-0.2, 0) is 6.54 Å². The van der Waals surface area contributed by atoms with E-state index in [0.29, 0.717) is 16.6 Å². The summed E-state index contributed by atoms with van der Waals surface area (Å²) in [4.78, 5) is 34.6. The Labute approximate surface area is 223 Å². The van der Waals surface area contributed by atoms with Crippen LogP contribution in [0.4, 0.5) is 21.7 Å². The van der Waals surface area contributed by atoms with Gasteiger partial charge in [0.1, 0.15) is 5.69 Å². The number of anilines is 3. The number of carbonyl (C=O) groups is 1. The Morgan fingerprint density at radius 1 is 1.08 bits per heavy atom. The lowest BCUT2D eigenvalue weighted by Gasteiger charge is -2.16. The molecule has 11 heteroatoms. The molecule has 0 saturated heterocycles. The lowest BCUT2D eigenvalue weighted by atomic mass is 10.2. The third-order valence-electron chi connectivity index (χ3n) is 5.31. The van der Waals surface area contributed by atoms with Crippen molar-refractivity contribution in [2.24, 2.45) is 0 Å². The van der Waals surface area contributed by atoms with Gasteiger partial charge >= 0.3 is 0 Å². The first-order valence-electron chi connectivity index (χ1n) is 11.6. The van der Waals surface area contributed by atoms with E-state index < -0.39 is 17.3 Å². The molecular weight excluding hydrogens is 513 g/mol. The molecule has 1 amide bonds. The lowest BCUT2D eigenvalue weighted by molar-refractivity contribution is 0.102. The van der Waals surface area contributed by atoms with Crippen LogP contribution in [-0.4, -0.2) is 33.7 Å². The monoisotopic (exact) mass is 537 g/mol. The molecule has 0 radical (unpaired) electrons. The lowest BCUT2D eigenvalue weighted by Crippen LogP contribution is -2.29. The third kappa shape index (κ3) is 6.46. The van der Waals surface area contributed by atoms with Gasteiger partial charge < -0.3 is 20.1 Å². The van der Waals surface area contributed by atoms with Crippen LogP contribution in [0.2, 0.25) is 5.02 Å². The smallest absolute Gasteiger partial charge is 0.279 e. The van der Waals surface area contributed by atoms with Crippen LogP contribution < -0.4 is 25.7 Å². The summed E-state index contributed by atoms with van der Waals surface area (Å²) in [5.74, 6) is -0.494. The molecule has 0 aliphatic carbocycles. The minimum Gasteiger partial charge on any atom is -0.488 e. The van der Waals surface area contributed by atoms with Gasteiger partial charge in [0, 0.05) is 29.0 Å². The van der Waals surface area contributed by atoms with Crippen LogP contribution in [0.25, 0.3) is 0 Å². The number of rotatable bonds is 9. The highest BCUT2D eigenvalue weighted by molar-refractivity contribution is 6.30. The molecule has 2 aromatic carbocycles. The number of pyridine rings is 1. The third-order valence-corrected chi connectivity index (χ3v) is 5.56. The predicted octanol–water partition coefficient (Wildman–Crippen LogP) is 5.27. The van der Waals surface area contributed by atoms with Gasteiger partial charge in [0.05, 0.1) is 31.5 Å². The minimum atomic E-state index is -0.563. The maximum Gasteiger partial charge on any atom is 0.279 e. The molecule has 196 valence electrons. The summed E-state index contributed by atoms with van der Waals surface area (Å²) in [6.45, 7) is 3.71. The number of hydrogen-bond donors (Lipinski definition) is 2. The van der Waals surface area contributed by atoms with Crippen molar-refractivity contribution in [3.63, 3.8) is 0 Å². The van der Waals surface area contributed by atoms with Crippen LogP contribution >= 0.6 is 11.6 Å². The molecule has 0 aliphatic heterocycles. The molecule has 4 rings (SSSR count). The standard InChI is InChI=1S/C27H25ClFN5O4/c1-16(2)38-23-10-9-20(12-21(23)29)32-27-31-14-22(33-25(35)18-6-11-24(37-3)30-13-18)26(36)34(27)15-17-4-7-19(28)8-5-17/h4-14,16H,15H2,1-3H3,(H,31,32)(H,33,35). The molecular formula is C27H25ClFN5O4. The average molecular weight is 538 g/mol. The molecule has 0 atom stereocenters. The Morgan fingerprint density at radius 2 is 1.84 bits per heavy atom. The number of nitrogens with one attached hydrogen (secondary N) is 2. The van der Waals surface area contributed by atoms with E-state index in [1.807, 2.05) is 0 Å². The van der Waals surface area contributed by atoms with Crippen molar-refractivity contribution in [3.05, 3.63) is 99.3 Å². The van der Waals surface area contributed by atoms with Crippen molar-refractivity contribution in [3.8, 4) is 11.6 Å². The van der Waals surface area contributed by atoms with Crippen molar-refractivity contribution in [2.45, 2.75) is 26.5 Å². The Morgan fingerprint density at radius 3 is 2.47 bits per heavy atom. The first-order valence-corrected chi connectivity index (χ1v) is 12.0. The summed E-state index contributed by atoms with van der Waals surface area (Å²) in [5, 5.41) is 6.12. The summed E-state index contributed by atoms with van der Waals surface area (Å²) in [5.41, 5.74) is 0.785. The molecule has 2 heterocycles. The molecule has 38 heavy (non-hydrogen) atoms. The zero-order valence-electron chi connectivity index (χ0n) is 20.9. The summed E-state index contributed by atoms with van der Waals surface area (Å²) in [6, 6.07) is 14.4. The number of ether oxygens (including phenoxy) is 2. The van der Waals surface area contributed by atoms with E-state index in [2.05, 4.69) is 20.6 Å².